The number of hydrogen-bond donors (Lipinski definition) is 14. The normalized spacial score (nSPS) is 27.1. The molecule has 17 nitrogen and oxygen atoms in total. The molecule has 402 valence electrons. The van der Waals surface area contributed by atoms with Crippen molar-refractivity contribution in [2.24, 2.45) is 0 Å². The number of aromatic hydroxyl groups is 10. The van der Waals surface area contributed by atoms with Gasteiger partial charge in [-0.05, 0) is 117 Å². The van der Waals surface area contributed by atoms with E-state index in [1.807, 2.05) is 0 Å². The van der Waals surface area contributed by atoms with Crippen molar-refractivity contribution in [2.75, 3.05) is 6.61 Å². The van der Waals surface area contributed by atoms with Crippen LogP contribution < -0.4 is 9.47 Å². The highest BCUT2D eigenvalue weighted by atomic mass is 16.5. The van der Waals surface area contributed by atoms with Crippen LogP contribution in [0.25, 0.3) is 0 Å². The molecule has 0 aromatic heterocycles. The van der Waals surface area contributed by atoms with Gasteiger partial charge in [-0.25, -0.2) is 0 Å². The van der Waals surface area contributed by atoms with Gasteiger partial charge >= 0.3 is 0 Å². The summed E-state index contributed by atoms with van der Waals surface area (Å²) in [5.74, 6) is -7.72. The van der Waals surface area contributed by atoms with E-state index in [0.717, 1.165) is 6.07 Å². The van der Waals surface area contributed by atoms with E-state index >= 15 is 0 Å². The second-order valence-electron chi connectivity index (χ2n) is 21.2. The average Bonchev–Trinajstić information content (AvgIpc) is 4.25. The zero-order valence-electron chi connectivity index (χ0n) is 41.5. The van der Waals surface area contributed by atoms with Crippen LogP contribution in [0.1, 0.15) is 126 Å². The lowest BCUT2D eigenvalue weighted by Crippen LogP contribution is -2.55. The van der Waals surface area contributed by atoms with Gasteiger partial charge in [0.1, 0.15) is 112 Å². The van der Waals surface area contributed by atoms with Crippen molar-refractivity contribution in [2.45, 2.75) is 78.2 Å². The Bertz CT molecular complexity index is 3690. The second kappa shape index (κ2) is 18.4. The molecule has 8 aromatic rings. The fraction of sp³-hybridized carbons (Fsp3) is 0.226. The van der Waals surface area contributed by atoms with Gasteiger partial charge in [0, 0.05) is 64.1 Å². The summed E-state index contributed by atoms with van der Waals surface area (Å²) in [6.07, 6.45) is -10.8. The lowest BCUT2D eigenvalue weighted by Gasteiger charge is -2.41. The molecule has 2 aliphatic carbocycles. The van der Waals surface area contributed by atoms with Crippen LogP contribution >= 0.6 is 0 Å². The Morgan fingerprint density at radius 3 is 1.42 bits per heavy atom. The van der Waals surface area contributed by atoms with Crippen LogP contribution in [0.5, 0.6) is 69.0 Å². The van der Waals surface area contributed by atoms with E-state index in [-0.39, 0.29) is 85.5 Å². The molecule has 13 atom stereocenters. The minimum absolute atomic E-state index is 0.00870. The topological polar surface area (TPSA) is 311 Å². The van der Waals surface area contributed by atoms with Crippen molar-refractivity contribution in [1.82, 2.24) is 0 Å². The Morgan fingerprint density at radius 1 is 0.329 bits per heavy atom. The van der Waals surface area contributed by atoms with E-state index in [1.54, 1.807) is 54.6 Å². The summed E-state index contributed by atoms with van der Waals surface area (Å²) in [5.41, 5.74) is 5.19. The zero-order valence-corrected chi connectivity index (χ0v) is 41.5. The van der Waals surface area contributed by atoms with Crippen molar-refractivity contribution in [3.63, 3.8) is 0 Å². The number of ether oxygens (including phenoxy) is 3. The van der Waals surface area contributed by atoms with Gasteiger partial charge in [0.2, 0.25) is 0 Å². The lowest BCUT2D eigenvalue weighted by atomic mass is 9.67. The van der Waals surface area contributed by atoms with Crippen LogP contribution in [-0.2, 0) is 4.74 Å². The molecular formula is C62H52O17. The van der Waals surface area contributed by atoms with E-state index in [0.29, 0.717) is 50.1 Å². The van der Waals surface area contributed by atoms with Gasteiger partial charge in [-0.1, -0.05) is 48.5 Å². The van der Waals surface area contributed by atoms with E-state index < -0.39 is 90.6 Å². The molecule has 8 aromatic carbocycles. The maximum atomic E-state index is 13.1. The Kier molecular flexibility index (Phi) is 11.6. The molecule has 0 bridgehead atoms. The minimum Gasteiger partial charge on any atom is -0.508 e. The highest BCUT2D eigenvalue weighted by Gasteiger charge is 2.58. The first-order valence-electron chi connectivity index (χ1n) is 25.7. The third-order valence-corrected chi connectivity index (χ3v) is 16.8. The van der Waals surface area contributed by atoms with Gasteiger partial charge in [0.15, 0.2) is 0 Å². The monoisotopic (exact) mass is 1070 g/mol. The van der Waals surface area contributed by atoms with E-state index in [4.69, 9.17) is 14.2 Å². The molecule has 1 fully saturated rings. The zero-order chi connectivity index (χ0) is 55.0. The van der Waals surface area contributed by atoms with Gasteiger partial charge in [0.25, 0.3) is 0 Å². The maximum absolute atomic E-state index is 13.1. The van der Waals surface area contributed by atoms with E-state index in [9.17, 15) is 71.5 Å². The largest absolute Gasteiger partial charge is 0.508 e. The maximum Gasteiger partial charge on any atom is 0.135 e. The molecule has 5 aliphatic rings. The quantitative estimate of drug-likeness (QED) is 0.0686. The summed E-state index contributed by atoms with van der Waals surface area (Å²) in [7, 11) is 0. The first-order valence-corrected chi connectivity index (χ1v) is 25.7. The van der Waals surface area contributed by atoms with Gasteiger partial charge in [0.05, 0.1) is 24.0 Å². The number of rotatable bonds is 8. The van der Waals surface area contributed by atoms with Crippen molar-refractivity contribution < 1.29 is 85.7 Å². The molecule has 79 heavy (non-hydrogen) atoms. The summed E-state index contributed by atoms with van der Waals surface area (Å²) in [6, 6.07) is 35.2. The molecule has 0 spiro atoms. The van der Waals surface area contributed by atoms with Crippen LogP contribution in [0, 0.1) is 0 Å². The number of hydrogen-bond acceptors (Lipinski definition) is 17. The number of phenols is 10. The van der Waals surface area contributed by atoms with E-state index in [1.165, 1.54) is 78.9 Å². The SMILES string of the molecule is OCC1OC(c2c(O)cc(C3c4c(O)cc5c6c4C(C(c4ccc(O)cc4)c4c(O)cc(O)cc4C6C(c4ccc(O)cc4)O5)C3c3ccc(O)cc3)c3c2OC(c2ccc(O)cc2)C3c2cc(O)cc(O)c2)C(O)C(O)C1O. The number of aliphatic hydroxyl groups excluding tert-OH is 4. The molecule has 3 heterocycles. The molecule has 1 saturated heterocycles. The minimum atomic E-state index is -1.93. The molecule has 13 rings (SSSR count). The van der Waals surface area contributed by atoms with Gasteiger partial charge < -0.3 is 85.7 Å². The van der Waals surface area contributed by atoms with Crippen molar-refractivity contribution >= 4 is 0 Å². The molecular weight excluding hydrogens is 1020 g/mol. The van der Waals surface area contributed by atoms with Crippen LogP contribution in [0.3, 0.4) is 0 Å². The molecule has 0 saturated carbocycles. The summed E-state index contributed by atoms with van der Waals surface area (Å²) in [5, 5.41) is 160. The Hall–Kier alpha value is -8.84. The Labute approximate surface area is 449 Å². The van der Waals surface area contributed by atoms with Crippen LogP contribution in [0.4, 0.5) is 0 Å². The average molecular weight is 1070 g/mol. The van der Waals surface area contributed by atoms with Crippen molar-refractivity contribution in [3.8, 4) is 69.0 Å². The second-order valence-corrected chi connectivity index (χ2v) is 21.2. The molecule has 14 N–H and O–H groups in total. The van der Waals surface area contributed by atoms with Crippen LogP contribution in [0.2, 0.25) is 0 Å². The third-order valence-electron chi connectivity index (χ3n) is 16.8. The fourth-order valence-corrected chi connectivity index (χ4v) is 13.7. The molecule has 0 radical (unpaired) electrons. The predicted octanol–water partition coefficient (Wildman–Crippen LogP) is 7.95. The smallest absolute Gasteiger partial charge is 0.135 e. The molecule has 3 aliphatic heterocycles. The molecule has 0 amide bonds. The summed E-state index contributed by atoms with van der Waals surface area (Å²) < 4.78 is 20.2. The van der Waals surface area contributed by atoms with Crippen LogP contribution in [0.15, 0.2) is 140 Å². The lowest BCUT2D eigenvalue weighted by molar-refractivity contribution is -0.232. The van der Waals surface area contributed by atoms with Crippen LogP contribution in [-0.4, -0.2) is 103 Å². The summed E-state index contributed by atoms with van der Waals surface area (Å²) in [6.45, 7) is -0.804. The number of benzene rings is 8. The Balaban J connectivity index is 1.17. The first-order chi connectivity index (χ1) is 38.0. The molecule has 13 unspecified atom stereocenters. The highest BCUT2D eigenvalue weighted by Crippen LogP contribution is 2.72. The first kappa shape index (κ1) is 49.7. The third kappa shape index (κ3) is 7.71. The predicted molar refractivity (Wildman–Crippen MR) is 280 cm³/mol. The fourth-order valence-electron chi connectivity index (χ4n) is 13.7. The van der Waals surface area contributed by atoms with Gasteiger partial charge in [-0.15, -0.1) is 0 Å². The van der Waals surface area contributed by atoms with E-state index in [2.05, 4.69) is 0 Å². The van der Waals surface area contributed by atoms with Gasteiger partial charge in [-0.3, -0.25) is 0 Å². The van der Waals surface area contributed by atoms with Gasteiger partial charge in [-0.2, -0.15) is 0 Å². The Morgan fingerprint density at radius 2 is 0.835 bits per heavy atom. The summed E-state index contributed by atoms with van der Waals surface area (Å²) in [4.78, 5) is 0. The van der Waals surface area contributed by atoms with Crippen molar-refractivity contribution in [3.05, 3.63) is 212 Å². The number of aliphatic hydroxyl groups is 4. The summed E-state index contributed by atoms with van der Waals surface area (Å²) >= 11 is 0. The standard InChI is InChI=1S/C62H52O17/c63-24-43-56(74)57(75)58(76)62(78-43)52-40(72)22-38(49-46(29-17-34(68)19-35(69)18-29)59(79-61(49)52)27-5-13-32(66)14-6-27)48-45(26-3-11-31(65)12-4-26)54-44(25-1-9-30(64)10-2-25)47-37(20-36(70)21-39(47)71)50-53-42(23-41(73)51(48)55(53)54)77-60(50)28-7-15-33(67)16-8-28/h1-23,43-46,48,50,54,56-60,62-76H,24H2. The highest BCUT2D eigenvalue weighted by molar-refractivity contribution is 5.75. The molecule has 17 heteroatoms. The number of fused-ring (bicyclic) bond motifs is 3. The number of phenolic OH excluding ortho intramolecular Hbond substituents is 10. The van der Waals surface area contributed by atoms with Crippen molar-refractivity contribution in [1.29, 1.82) is 0 Å².